The van der Waals surface area contributed by atoms with Gasteiger partial charge in [0.15, 0.2) is 5.82 Å². The third-order valence-electron chi connectivity index (χ3n) is 5.08. The molecule has 7 nitrogen and oxygen atoms in total. The van der Waals surface area contributed by atoms with Gasteiger partial charge in [-0.05, 0) is 24.8 Å². The molecule has 1 atom stereocenters. The maximum Gasteiger partial charge on any atom is 0.274 e. The van der Waals surface area contributed by atoms with Gasteiger partial charge in [0.05, 0.1) is 6.04 Å². The topological polar surface area (TPSA) is 86.8 Å². The van der Waals surface area contributed by atoms with Crippen LogP contribution in [0.1, 0.15) is 71.9 Å². The SMILES string of the molecule is CC(C)c1cc(C(=O)N2CCC[C@@H]2c2ncc3c(n2)CCNC3)n[nH]1. The monoisotopic (exact) mass is 340 g/mol. The number of rotatable bonds is 3. The zero-order chi connectivity index (χ0) is 17.4. The van der Waals surface area contributed by atoms with Gasteiger partial charge in [-0.2, -0.15) is 5.10 Å². The number of hydrogen-bond donors (Lipinski definition) is 2. The van der Waals surface area contributed by atoms with Crippen molar-refractivity contribution in [1.82, 2.24) is 30.4 Å². The van der Waals surface area contributed by atoms with E-state index < -0.39 is 0 Å². The number of amides is 1. The predicted molar refractivity (Wildman–Crippen MR) is 93.1 cm³/mol. The van der Waals surface area contributed by atoms with Crippen molar-refractivity contribution in [2.24, 2.45) is 0 Å². The lowest BCUT2D eigenvalue weighted by Crippen LogP contribution is -2.32. The molecule has 2 aromatic heterocycles. The average molecular weight is 340 g/mol. The number of likely N-dealkylation sites (tertiary alicyclic amines) is 1. The van der Waals surface area contributed by atoms with E-state index in [9.17, 15) is 4.79 Å². The van der Waals surface area contributed by atoms with Crippen molar-refractivity contribution < 1.29 is 4.79 Å². The van der Waals surface area contributed by atoms with Crippen LogP contribution in [0, 0.1) is 0 Å². The van der Waals surface area contributed by atoms with E-state index in [-0.39, 0.29) is 11.9 Å². The smallest absolute Gasteiger partial charge is 0.274 e. The lowest BCUT2D eigenvalue weighted by Gasteiger charge is -2.24. The molecule has 0 aliphatic carbocycles. The van der Waals surface area contributed by atoms with Crippen LogP contribution in [0.4, 0.5) is 0 Å². The minimum atomic E-state index is -0.0492. The molecular weight excluding hydrogens is 316 g/mol. The van der Waals surface area contributed by atoms with Gasteiger partial charge >= 0.3 is 0 Å². The second-order valence-corrected chi connectivity index (χ2v) is 7.15. The maximum absolute atomic E-state index is 12.9. The molecule has 4 rings (SSSR count). The van der Waals surface area contributed by atoms with E-state index in [1.165, 1.54) is 5.56 Å². The minimum absolute atomic E-state index is 0.0337. The van der Waals surface area contributed by atoms with Gasteiger partial charge < -0.3 is 10.2 Å². The largest absolute Gasteiger partial charge is 0.327 e. The Hall–Kier alpha value is -2.28. The molecule has 1 fully saturated rings. The van der Waals surface area contributed by atoms with Crippen molar-refractivity contribution in [2.45, 2.75) is 51.6 Å². The molecule has 1 amide bonds. The fourth-order valence-corrected chi connectivity index (χ4v) is 3.58. The van der Waals surface area contributed by atoms with Gasteiger partial charge in [0.25, 0.3) is 5.91 Å². The summed E-state index contributed by atoms with van der Waals surface area (Å²) in [7, 11) is 0. The zero-order valence-electron chi connectivity index (χ0n) is 14.7. The summed E-state index contributed by atoms with van der Waals surface area (Å²) in [6.45, 7) is 6.66. The molecule has 2 aromatic rings. The van der Waals surface area contributed by atoms with E-state index in [4.69, 9.17) is 4.98 Å². The van der Waals surface area contributed by atoms with Crippen LogP contribution in [-0.2, 0) is 13.0 Å². The number of carbonyl (C=O) groups excluding carboxylic acids is 1. The minimum Gasteiger partial charge on any atom is -0.327 e. The normalized spacial score (nSPS) is 20.1. The molecule has 0 saturated carbocycles. The van der Waals surface area contributed by atoms with Crippen LogP contribution in [0.25, 0.3) is 0 Å². The van der Waals surface area contributed by atoms with Crippen molar-refractivity contribution in [1.29, 1.82) is 0 Å². The second kappa shape index (κ2) is 6.55. The third-order valence-corrected chi connectivity index (χ3v) is 5.08. The Balaban J connectivity index is 1.58. The summed E-state index contributed by atoms with van der Waals surface area (Å²) < 4.78 is 0. The molecule has 2 aliphatic heterocycles. The zero-order valence-corrected chi connectivity index (χ0v) is 14.7. The highest BCUT2D eigenvalue weighted by atomic mass is 16.2. The Morgan fingerprint density at radius 3 is 3.08 bits per heavy atom. The predicted octanol–water partition coefficient (Wildman–Crippen LogP) is 1.95. The lowest BCUT2D eigenvalue weighted by atomic mass is 10.1. The molecular formula is C18H24N6O. The van der Waals surface area contributed by atoms with E-state index in [1.54, 1.807) is 0 Å². The first-order valence-corrected chi connectivity index (χ1v) is 9.05. The average Bonchev–Trinajstić information content (AvgIpc) is 3.30. The molecule has 0 radical (unpaired) electrons. The van der Waals surface area contributed by atoms with E-state index >= 15 is 0 Å². The Kier molecular flexibility index (Phi) is 4.25. The number of aromatic nitrogens is 4. The van der Waals surface area contributed by atoms with Gasteiger partial charge in [0, 0.05) is 49.2 Å². The van der Waals surface area contributed by atoms with Crippen LogP contribution in [-0.4, -0.2) is 44.1 Å². The van der Waals surface area contributed by atoms with Crippen LogP contribution < -0.4 is 5.32 Å². The number of nitrogens with zero attached hydrogens (tertiary/aromatic N) is 4. The molecule has 25 heavy (non-hydrogen) atoms. The first-order valence-electron chi connectivity index (χ1n) is 9.05. The fourth-order valence-electron chi connectivity index (χ4n) is 3.58. The van der Waals surface area contributed by atoms with Crippen molar-refractivity contribution in [2.75, 3.05) is 13.1 Å². The van der Waals surface area contributed by atoms with Crippen molar-refractivity contribution in [3.8, 4) is 0 Å². The molecule has 0 aromatic carbocycles. The van der Waals surface area contributed by atoms with E-state index in [1.807, 2.05) is 17.2 Å². The standard InChI is InChI=1S/C18H24N6O/c1-11(2)14-8-15(23-22-14)18(25)24-7-3-4-16(24)17-20-10-12-9-19-6-5-13(12)21-17/h8,10-11,16,19H,3-7,9H2,1-2H3,(H,22,23)/t16-/m1/s1. The maximum atomic E-state index is 12.9. The van der Waals surface area contributed by atoms with Gasteiger partial charge in [0.1, 0.15) is 5.69 Å². The van der Waals surface area contributed by atoms with E-state index in [2.05, 4.69) is 34.3 Å². The Labute approximate surface area is 147 Å². The highest BCUT2D eigenvalue weighted by Gasteiger charge is 2.34. The Morgan fingerprint density at radius 2 is 2.28 bits per heavy atom. The number of H-pyrrole nitrogens is 1. The highest BCUT2D eigenvalue weighted by molar-refractivity contribution is 5.92. The molecule has 4 heterocycles. The molecule has 7 heteroatoms. The first-order chi connectivity index (χ1) is 12.1. The number of hydrogen-bond acceptors (Lipinski definition) is 5. The first kappa shape index (κ1) is 16.2. The van der Waals surface area contributed by atoms with Gasteiger partial charge in [-0.15, -0.1) is 0 Å². The van der Waals surface area contributed by atoms with Gasteiger partial charge in [-0.1, -0.05) is 13.8 Å². The fraction of sp³-hybridized carbons (Fsp3) is 0.556. The summed E-state index contributed by atoms with van der Waals surface area (Å²) >= 11 is 0. The summed E-state index contributed by atoms with van der Waals surface area (Å²) in [5, 5.41) is 10.5. The van der Waals surface area contributed by atoms with Crippen LogP contribution >= 0.6 is 0 Å². The molecule has 0 unspecified atom stereocenters. The molecule has 2 aliphatic rings. The summed E-state index contributed by atoms with van der Waals surface area (Å²) in [6.07, 6.45) is 4.71. The van der Waals surface area contributed by atoms with Crippen molar-refractivity contribution in [3.63, 3.8) is 0 Å². The quantitative estimate of drug-likeness (QED) is 0.892. The number of carbonyl (C=O) groups is 1. The molecule has 132 valence electrons. The number of fused-ring (bicyclic) bond motifs is 1. The lowest BCUT2D eigenvalue weighted by molar-refractivity contribution is 0.0723. The summed E-state index contributed by atoms with van der Waals surface area (Å²) in [5.41, 5.74) is 3.75. The van der Waals surface area contributed by atoms with E-state index in [0.717, 1.165) is 56.1 Å². The van der Waals surface area contributed by atoms with Gasteiger partial charge in [0.2, 0.25) is 0 Å². The molecule has 2 N–H and O–H groups in total. The van der Waals surface area contributed by atoms with Crippen LogP contribution in [0.2, 0.25) is 0 Å². The second-order valence-electron chi connectivity index (χ2n) is 7.15. The van der Waals surface area contributed by atoms with Crippen LogP contribution in [0.15, 0.2) is 12.3 Å². The van der Waals surface area contributed by atoms with Crippen molar-refractivity contribution >= 4 is 5.91 Å². The molecule has 0 spiro atoms. The summed E-state index contributed by atoms with van der Waals surface area (Å²) in [4.78, 5) is 24.2. The van der Waals surface area contributed by atoms with Gasteiger partial charge in [-0.25, -0.2) is 9.97 Å². The molecule has 0 bridgehead atoms. The summed E-state index contributed by atoms with van der Waals surface area (Å²) in [6, 6.07) is 1.81. The third kappa shape index (κ3) is 3.04. The number of aromatic amines is 1. The highest BCUT2D eigenvalue weighted by Crippen LogP contribution is 2.31. The van der Waals surface area contributed by atoms with E-state index in [0.29, 0.717) is 11.6 Å². The number of nitrogens with one attached hydrogen (secondary N) is 2. The van der Waals surface area contributed by atoms with Crippen LogP contribution in [0.5, 0.6) is 0 Å². The van der Waals surface area contributed by atoms with Crippen LogP contribution in [0.3, 0.4) is 0 Å². The van der Waals surface area contributed by atoms with Crippen molar-refractivity contribution in [3.05, 3.63) is 40.7 Å². The molecule has 1 saturated heterocycles. The summed E-state index contributed by atoms with van der Waals surface area (Å²) in [5.74, 6) is 1.06. The van der Waals surface area contributed by atoms with Gasteiger partial charge in [-0.3, -0.25) is 9.89 Å². The Morgan fingerprint density at radius 1 is 1.40 bits per heavy atom. The Bertz CT molecular complexity index is 784.